The summed E-state index contributed by atoms with van der Waals surface area (Å²) in [7, 11) is 0. The summed E-state index contributed by atoms with van der Waals surface area (Å²) in [6, 6.07) is 3.20. The Morgan fingerprint density at radius 2 is 1.83 bits per heavy atom. The summed E-state index contributed by atoms with van der Waals surface area (Å²) in [4.78, 5) is 77.5. The zero-order chi connectivity index (χ0) is 38.4. The van der Waals surface area contributed by atoms with Gasteiger partial charge in [-0.15, -0.1) is 23.1 Å². The number of nitrogens with two attached hydrogens (primary N) is 1. The van der Waals surface area contributed by atoms with Crippen LogP contribution >= 0.6 is 34.7 Å². The van der Waals surface area contributed by atoms with Crippen LogP contribution in [-0.4, -0.2) is 125 Å². The number of aliphatic carboxylic acids is 2. The monoisotopic (exact) mass is 789 g/mol. The van der Waals surface area contributed by atoms with Crippen LogP contribution < -0.4 is 5.73 Å². The Hall–Kier alpha value is -4.19. The number of halogens is 1. The maximum Gasteiger partial charge on any atom is 0.352 e. The highest BCUT2D eigenvalue weighted by molar-refractivity contribution is 8.00. The van der Waals surface area contributed by atoms with Crippen molar-refractivity contribution < 1.29 is 48.6 Å². The van der Waals surface area contributed by atoms with Gasteiger partial charge in [-0.25, -0.2) is 14.6 Å². The Bertz CT molecular complexity index is 1920. The van der Waals surface area contributed by atoms with Crippen LogP contribution in [0.5, 0.6) is 5.75 Å². The molecule has 0 radical (unpaired) electrons. The molecule has 6 rings (SSSR count). The van der Waals surface area contributed by atoms with Gasteiger partial charge in [0, 0.05) is 67.5 Å². The third kappa shape index (κ3) is 7.35. The minimum absolute atomic E-state index is 0.0300. The summed E-state index contributed by atoms with van der Waals surface area (Å²) < 4.78 is 0.686. The number of phenolic OH excluding ortho intramolecular Hbond substituents is 1. The lowest BCUT2D eigenvalue weighted by molar-refractivity contribution is -0.937. The number of carbonyl (C=O) groups excluding carboxylic acids is 3. The number of carboxylic acids is 2. The van der Waals surface area contributed by atoms with Crippen molar-refractivity contribution in [3.8, 4) is 5.75 Å². The fourth-order valence-electron chi connectivity index (χ4n) is 7.70. The number of ketones is 1. The molecular formula is C35H42ClN6O9S2+. The van der Waals surface area contributed by atoms with Crippen molar-refractivity contribution in [2.24, 2.45) is 11.1 Å². The molecule has 0 unspecified atom stereocenters. The lowest BCUT2D eigenvalue weighted by Crippen LogP contribution is -2.63. The van der Waals surface area contributed by atoms with Gasteiger partial charge in [-0.05, 0) is 32.9 Å². The number of β-lactam (4-membered cyclic amide) rings is 1. The molecule has 3 fully saturated rings. The number of nitrogens with zero attached hydrogens (tertiary/aromatic N) is 5. The lowest BCUT2D eigenvalue weighted by atomic mass is 9.89. The van der Waals surface area contributed by atoms with Crippen LogP contribution in [0.2, 0.25) is 5.02 Å². The van der Waals surface area contributed by atoms with Gasteiger partial charge < -0.3 is 35.3 Å². The van der Waals surface area contributed by atoms with E-state index in [4.69, 9.17) is 22.2 Å². The van der Waals surface area contributed by atoms with E-state index in [2.05, 4.69) is 10.1 Å². The number of phenols is 1. The summed E-state index contributed by atoms with van der Waals surface area (Å²) in [5, 5.41) is 35.0. The molecule has 0 saturated carbocycles. The molecule has 5 N–H and O–H groups in total. The fourth-order valence-corrected chi connectivity index (χ4v) is 9.89. The van der Waals surface area contributed by atoms with Crippen molar-refractivity contribution in [3.63, 3.8) is 0 Å². The molecule has 18 heteroatoms. The molecular weight excluding hydrogens is 748 g/mol. The summed E-state index contributed by atoms with van der Waals surface area (Å²) in [5.41, 5.74) is 5.27. The molecule has 2 amide bonds. The number of hydrogen-bond donors (Lipinski definition) is 4. The zero-order valence-electron chi connectivity index (χ0n) is 29.5. The van der Waals surface area contributed by atoms with Crippen molar-refractivity contribution in [1.29, 1.82) is 0 Å². The molecule has 4 aliphatic rings. The first-order valence-corrected chi connectivity index (χ1v) is 19.6. The van der Waals surface area contributed by atoms with Crippen molar-refractivity contribution in [1.82, 2.24) is 14.8 Å². The number of aromatic hydroxyl groups is 1. The van der Waals surface area contributed by atoms with Gasteiger partial charge in [0.25, 0.3) is 5.91 Å². The number of amides is 2. The van der Waals surface area contributed by atoms with Gasteiger partial charge in [-0.2, -0.15) is 0 Å². The Balaban J connectivity index is 1.17. The number of benzene rings is 1. The fraction of sp³-hybridized carbons (Fsp3) is 0.514. The van der Waals surface area contributed by atoms with Gasteiger partial charge in [0.05, 0.1) is 41.0 Å². The van der Waals surface area contributed by atoms with Gasteiger partial charge in [-0.3, -0.25) is 19.3 Å². The van der Waals surface area contributed by atoms with E-state index in [0.29, 0.717) is 46.6 Å². The number of carbonyl (C=O) groups is 5. The molecule has 0 aliphatic carbocycles. The first kappa shape index (κ1) is 38.5. The maximum absolute atomic E-state index is 13.7. The molecule has 3 saturated heterocycles. The summed E-state index contributed by atoms with van der Waals surface area (Å²) in [6.45, 7) is 7.43. The minimum Gasteiger partial charge on any atom is -0.508 e. The van der Waals surface area contributed by atoms with Gasteiger partial charge >= 0.3 is 11.9 Å². The lowest BCUT2D eigenvalue weighted by Gasteiger charge is -2.51. The van der Waals surface area contributed by atoms with E-state index in [-0.39, 0.29) is 51.4 Å². The Morgan fingerprint density at radius 1 is 1.15 bits per heavy atom. The number of nitrogen functional groups attached to an aromatic ring is 1. The highest BCUT2D eigenvalue weighted by atomic mass is 35.5. The second kappa shape index (κ2) is 14.9. The van der Waals surface area contributed by atoms with Gasteiger partial charge in [0.2, 0.25) is 11.5 Å². The van der Waals surface area contributed by atoms with Gasteiger partial charge in [0.1, 0.15) is 23.7 Å². The van der Waals surface area contributed by atoms with E-state index < -0.39 is 40.5 Å². The first-order valence-electron chi connectivity index (χ1n) is 17.3. The maximum atomic E-state index is 13.7. The standard InChI is InChI=1S/C35H41ClN6O9S2/c1-18-24(43)7-6-21(26(18)36)29(45)40-10-8-20(9-11-40)42(12-4-5-13-42)15-19-16-52-31-22(30(46)41(31)28(19)32(47)48)14-25(44)27(23-17-53-34(37)38-23)39-51-35(2,3)33(49)50/h6-7,17,20,22,31H,4-5,8-16H2,1-3H3,(H4-,37,38,43,45,47,48,49,50)/p+1/b39-27-/t22-,31-/m1/s1. The van der Waals surface area contributed by atoms with Crippen molar-refractivity contribution in [3.05, 3.63) is 50.6 Å². The smallest absolute Gasteiger partial charge is 0.352 e. The Morgan fingerprint density at radius 3 is 2.43 bits per heavy atom. The molecule has 1 aromatic heterocycles. The van der Waals surface area contributed by atoms with E-state index in [1.54, 1.807) is 17.9 Å². The van der Waals surface area contributed by atoms with Crippen LogP contribution in [-0.2, 0) is 24.0 Å². The molecule has 2 aromatic rings. The van der Waals surface area contributed by atoms with Crippen molar-refractivity contribution in [2.75, 3.05) is 44.2 Å². The number of fused-ring (bicyclic) bond motifs is 1. The van der Waals surface area contributed by atoms with Crippen LogP contribution in [0.1, 0.15) is 67.6 Å². The number of quaternary nitrogens is 1. The second-order valence-corrected chi connectivity index (χ2v) is 16.8. The highest BCUT2D eigenvalue weighted by Gasteiger charge is 2.55. The third-order valence-electron chi connectivity index (χ3n) is 10.8. The SMILES string of the molecule is Cc1c(O)ccc(C(=O)N2CCC([N+]3(CC4=C(C(=O)O)N5C(=O)[C@@H](CC(=O)/C(=N\OC(C)(C)C(=O)O)c6csc(N)n6)[C@H]5SC4)CCCC3)CC2)c1Cl. The predicted molar refractivity (Wildman–Crippen MR) is 198 cm³/mol. The molecule has 0 spiro atoms. The van der Waals surface area contributed by atoms with E-state index in [1.165, 1.54) is 42.0 Å². The normalized spacial score (nSPS) is 22.0. The summed E-state index contributed by atoms with van der Waals surface area (Å²) in [6.07, 6.45) is 3.11. The third-order valence-corrected chi connectivity index (χ3v) is 13.3. The first-order chi connectivity index (χ1) is 25.0. The number of thioether (sulfide) groups is 1. The molecule has 284 valence electrons. The molecule has 15 nitrogen and oxygen atoms in total. The Labute approximate surface area is 319 Å². The number of hydrogen-bond acceptors (Lipinski definition) is 12. The molecule has 53 heavy (non-hydrogen) atoms. The number of rotatable bonds is 12. The quantitative estimate of drug-likeness (QED) is 0.105. The van der Waals surface area contributed by atoms with Gasteiger partial charge in [-0.1, -0.05) is 16.8 Å². The molecule has 4 aliphatic heterocycles. The summed E-state index contributed by atoms with van der Waals surface area (Å²) in [5.74, 6) is -4.23. The molecule has 0 bridgehead atoms. The van der Waals surface area contributed by atoms with E-state index in [9.17, 15) is 39.3 Å². The van der Waals surface area contributed by atoms with Crippen LogP contribution in [0.4, 0.5) is 5.13 Å². The number of carboxylic acid groups (broad SMARTS) is 2. The van der Waals surface area contributed by atoms with E-state index in [0.717, 1.165) is 50.1 Å². The van der Waals surface area contributed by atoms with Crippen molar-refractivity contribution >= 4 is 75.1 Å². The topological polar surface area (TPSA) is 213 Å². The minimum atomic E-state index is -1.75. The predicted octanol–water partition coefficient (Wildman–Crippen LogP) is 3.72. The highest BCUT2D eigenvalue weighted by Crippen LogP contribution is 2.46. The number of aromatic nitrogens is 1. The number of thiazole rings is 1. The van der Waals surface area contributed by atoms with Crippen LogP contribution in [0.3, 0.4) is 0 Å². The molecule has 2 atom stereocenters. The second-order valence-electron chi connectivity index (χ2n) is 14.4. The van der Waals surface area contributed by atoms with Gasteiger partial charge in [0.15, 0.2) is 16.6 Å². The number of likely N-dealkylation sites (tertiary alicyclic amines) is 2. The van der Waals surface area contributed by atoms with E-state index in [1.807, 2.05) is 0 Å². The van der Waals surface area contributed by atoms with E-state index >= 15 is 0 Å². The number of oxime groups is 1. The number of anilines is 1. The number of Topliss-reactive ketones (excluding diaryl/α,β-unsaturated/α-hetero) is 1. The average molecular weight is 790 g/mol. The number of piperidine rings is 1. The molecule has 1 aromatic carbocycles. The summed E-state index contributed by atoms with van der Waals surface area (Å²) >= 11 is 8.89. The molecule has 5 heterocycles. The van der Waals surface area contributed by atoms with Crippen LogP contribution in [0.25, 0.3) is 0 Å². The largest absolute Gasteiger partial charge is 0.508 e. The van der Waals surface area contributed by atoms with Crippen LogP contribution in [0, 0.1) is 12.8 Å². The Kier molecular flexibility index (Phi) is 10.8. The van der Waals surface area contributed by atoms with Crippen molar-refractivity contribution in [2.45, 2.75) is 69.9 Å². The van der Waals surface area contributed by atoms with Crippen LogP contribution in [0.15, 0.2) is 33.9 Å². The average Bonchev–Trinajstić information content (AvgIpc) is 3.78. The zero-order valence-corrected chi connectivity index (χ0v) is 31.9.